The molecule has 1 aromatic heterocycles. The molecule has 3 nitrogen and oxygen atoms in total. The Balaban J connectivity index is 2.26. The smallest absolute Gasteiger partial charge is 0.106 e. The van der Waals surface area contributed by atoms with Gasteiger partial charge in [0, 0.05) is 11.0 Å². The van der Waals surface area contributed by atoms with Crippen molar-refractivity contribution in [3.05, 3.63) is 28.5 Å². The topological polar surface area (TPSA) is 21.1 Å². The van der Waals surface area contributed by atoms with E-state index in [1.165, 1.54) is 5.52 Å². The lowest BCUT2D eigenvalue weighted by Crippen LogP contribution is -2.15. The Hall–Kier alpha value is -0.870. The lowest BCUT2D eigenvalue weighted by molar-refractivity contribution is 0.387. The summed E-state index contributed by atoms with van der Waals surface area (Å²) in [5.74, 6) is 1.09. The summed E-state index contributed by atoms with van der Waals surface area (Å²) in [6.45, 7) is 4.20. The van der Waals surface area contributed by atoms with Crippen LogP contribution in [0.5, 0.6) is 0 Å². The Kier molecular flexibility index (Phi) is 3.84. The van der Waals surface area contributed by atoms with Crippen molar-refractivity contribution in [3.8, 4) is 0 Å². The van der Waals surface area contributed by atoms with Crippen molar-refractivity contribution in [1.82, 2.24) is 14.5 Å². The minimum atomic E-state index is 1.02. The van der Waals surface area contributed by atoms with Gasteiger partial charge in [-0.3, -0.25) is 0 Å². The highest BCUT2D eigenvalue weighted by Crippen LogP contribution is 2.21. The average molecular weight is 296 g/mol. The van der Waals surface area contributed by atoms with Crippen molar-refractivity contribution >= 4 is 27.0 Å². The molecule has 0 saturated heterocycles. The van der Waals surface area contributed by atoms with Gasteiger partial charge >= 0.3 is 0 Å². The number of benzene rings is 1. The lowest BCUT2D eigenvalue weighted by Gasteiger charge is -2.11. The number of nitrogens with zero attached hydrogens (tertiary/aromatic N) is 3. The zero-order valence-electron chi connectivity index (χ0n) is 10.6. The van der Waals surface area contributed by atoms with Crippen LogP contribution >= 0.6 is 15.9 Å². The number of fused-ring (bicyclic) bond motifs is 1. The zero-order chi connectivity index (χ0) is 12.4. The Labute approximate surface area is 111 Å². The summed E-state index contributed by atoms with van der Waals surface area (Å²) in [5.41, 5.74) is 2.30. The van der Waals surface area contributed by atoms with Gasteiger partial charge in [0.1, 0.15) is 5.82 Å². The van der Waals surface area contributed by atoms with E-state index in [-0.39, 0.29) is 0 Å². The summed E-state index contributed by atoms with van der Waals surface area (Å²) < 4.78 is 3.41. The van der Waals surface area contributed by atoms with Crippen LogP contribution in [0.2, 0.25) is 0 Å². The number of halogens is 1. The minimum absolute atomic E-state index is 1.02. The van der Waals surface area contributed by atoms with Crippen molar-refractivity contribution in [1.29, 1.82) is 0 Å². The monoisotopic (exact) mass is 295 g/mol. The molecule has 1 aromatic carbocycles. The molecule has 2 aromatic rings. The van der Waals surface area contributed by atoms with Crippen LogP contribution in [0.25, 0.3) is 11.0 Å². The van der Waals surface area contributed by atoms with E-state index in [2.05, 4.69) is 63.5 Å². The fourth-order valence-corrected chi connectivity index (χ4v) is 2.39. The second kappa shape index (κ2) is 5.19. The molecule has 0 aliphatic rings. The summed E-state index contributed by atoms with van der Waals surface area (Å²) in [7, 11) is 4.21. The molecule has 1 heterocycles. The second-order valence-corrected chi connectivity index (χ2v) is 5.52. The SMILES string of the molecule is Cc1nc2ccc(Br)cc2n1CCCN(C)C. The normalized spacial score (nSPS) is 11.6. The van der Waals surface area contributed by atoms with Crippen molar-refractivity contribution in [3.63, 3.8) is 0 Å². The van der Waals surface area contributed by atoms with Crippen LogP contribution in [0.1, 0.15) is 12.2 Å². The maximum Gasteiger partial charge on any atom is 0.106 e. The maximum atomic E-state index is 4.58. The standard InChI is InChI=1S/C13H18BrN3/c1-10-15-12-6-5-11(14)9-13(12)17(10)8-4-7-16(2)3/h5-6,9H,4,7-8H2,1-3H3. The molecular weight excluding hydrogens is 278 g/mol. The average Bonchev–Trinajstić information content (AvgIpc) is 2.55. The van der Waals surface area contributed by atoms with Gasteiger partial charge < -0.3 is 9.47 Å². The number of hydrogen-bond acceptors (Lipinski definition) is 2. The first-order valence-corrected chi connectivity index (χ1v) is 6.64. The molecular formula is C13H18BrN3. The van der Waals surface area contributed by atoms with Crippen LogP contribution in [-0.4, -0.2) is 35.1 Å². The molecule has 2 rings (SSSR count). The molecule has 0 amide bonds. The van der Waals surface area contributed by atoms with Gasteiger partial charge in [-0.1, -0.05) is 15.9 Å². The molecule has 0 atom stereocenters. The summed E-state index contributed by atoms with van der Waals surface area (Å²) >= 11 is 3.52. The van der Waals surface area contributed by atoms with Gasteiger partial charge in [0.2, 0.25) is 0 Å². The molecule has 0 saturated carbocycles. The minimum Gasteiger partial charge on any atom is -0.328 e. The van der Waals surface area contributed by atoms with Crippen LogP contribution in [0.15, 0.2) is 22.7 Å². The molecule has 17 heavy (non-hydrogen) atoms. The van der Waals surface area contributed by atoms with E-state index in [1.54, 1.807) is 0 Å². The highest BCUT2D eigenvalue weighted by atomic mass is 79.9. The molecule has 0 radical (unpaired) electrons. The molecule has 92 valence electrons. The van der Waals surface area contributed by atoms with Gasteiger partial charge in [0.25, 0.3) is 0 Å². The first-order chi connectivity index (χ1) is 8.08. The summed E-state index contributed by atoms with van der Waals surface area (Å²) in [4.78, 5) is 6.79. The number of aryl methyl sites for hydroxylation is 2. The van der Waals surface area contributed by atoms with Gasteiger partial charge in [-0.05, 0) is 52.2 Å². The quantitative estimate of drug-likeness (QED) is 0.864. The Morgan fingerprint density at radius 2 is 2.12 bits per heavy atom. The number of imidazole rings is 1. The first kappa shape index (κ1) is 12.6. The molecule has 0 fully saturated rings. The third kappa shape index (κ3) is 2.87. The lowest BCUT2D eigenvalue weighted by atomic mass is 10.3. The van der Waals surface area contributed by atoms with Gasteiger partial charge in [0.15, 0.2) is 0 Å². The molecule has 0 unspecified atom stereocenters. The third-order valence-electron chi connectivity index (χ3n) is 2.89. The molecule has 0 spiro atoms. The molecule has 4 heteroatoms. The number of aromatic nitrogens is 2. The Morgan fingerprint density at radius 1 is 1.35 bits per heavy atom. The Bertz CT molecular complexity index is 517. The maximum absolute atomic E-state index is 4.58. The van der Waals surface area contributed by atoms with E-state index < -0.39 is 0 Å². The second-order valence-electron chi connectivity index (χ2n) is 4.60. The Morgan fingerprint density at radius 3 is 2.82 bits per heavy atom. The van der Waals surface area contributed by atoms with Crippen LogP contribution in [0.4, 0.5) is 0 Å². The van der Waals surface area contributed by atoms with Gasteiger partial charge in [-0.15, -0.1) is 0 Å². The molecule has 0 aliphatic carbocycles. The van der Waals surface area contributed by atoms with Crippen LogP contribution in [0.3, 0.4) is 0 Å². The van der Waals surface area contributed by atoms with E-state index in [0.717, 1.165) is 35.3 Å². The van der Waals surface area contributed by atoms with Crippen LogP contribution < -0.4 is 0 Å². The van der Waals surface area contributed by atoms with Crippen LogP contribution in [-0.2, 0) is 6.54 Å². The van der Waals surface area contributed by atoms with Crippen molar-refractivity contribution in [2.45, 2.75) is 19.9 Å². The highest BCUT2D eigenvalue weighted by Gasteiger charge is 2.07. The molecule has 0 bridgehead atoms. The largest absolute Gasteiger partial charge is 0.328 e. The summed E-state index contributed by atoms with van der Waals surface area (Å²) in [5, 5.41) is 0. The first-order valence-electron chi connectivity index (χ1n) is 5.85. The highest BCUT2D eigenvalue weighted by molar-refractivity contribution is 9.10. The van der Waals surface area contributed by atoms with Crippen molar-refractivity contribution < 1.29 is 0 Å². The van der Waals surface area contributed by atoms with E-state index in [9.17, 15) is 0 Å². The van der Waals surface area contributed by atoms with Crippen molar-refractivity contribution in [2.24, 2.45) is 0 Å². The van der Waals surface area contributed by atoms with E-state index in [0.29, 0.717) is 0 Å². The predicted molar refractivity (Wildman–Crippen MR) is 75.3 cm³/mol. The fourth-order valence-electron chi connectivity index (χ4n) is 2.04. The fraction of sp³-hybridized carbons (Fsp3) is 0.462. The molecule has 0 aliphatic heterocycles. The number of hydrogen-bond donors (Lipinski definition) is 0. The summed E-state index contributed by atoms with van der Waals surface area (Å²) in [6, 6.07) is 6.25. The van der Waals surface area contributed by atoms with Crippen molar-refractivity contribution in [2.75, 3.05) is 20.6 Å². The predicted octanol–water partition coefficient (Wildman–Crippen LogP) is 3.06. The van der Waals surface area contributed by atoms with Gasteiger partial charge in [-0.25, -0.2) is 4.98 Å². The number of rotatable bonds is 4. The van der Waals surface area contributed by atoms with Gasteiger partial charge in [0.05, 0.1) is 11.0 Å². The molecule has 0 N–H and O–H groups in total. The van der Waals surface area contributed by atoms with E-state index >= 15 is 0 Å². The van der Waals surface area contributed by atoms with Crippen LogP contribution in [0, 0.1) is 6.92 Å². The summed E-state index contributed by atoms with van der Waals surface area (Å²) in [6.07, 6.45) is 1.14. The van der Waals surface area contributed by atoms with E-state index in [1.807, 2.05) is 6.07 Å². The van der Waals surface area contributed by atoms with E-state index in [4.69, 9.17) is 0 Å². The third-order valence-corrected chi connectivity index (χ3v) is 3.38. The van der Waals surface area contributed by atoms with Gasteiger partial charge in [-0.2, -0.15) is 0 Å². The zero-order valence-corrected chi connectivity index (χ0v) is 12.2.